The first-order valence-electron chi connectivity index (χ1n) is 11.5. The standard InChI is InChI=1S/C24H25F2N7O/c1-31(23(34)16-2-3-20(28-12-16)33-13-15-10-17(33)11-15)21-18(19-5-8-29-30-19)4-7-27-22(21)32-9-6-24(25,26)14-32/h2-5,7-8,12,15,17H,6,9-11,13-14H2,1H3,(H,29,30). The smallest absolute Gasteiger partial charge is 0.266 e. The molecule has 7 rings (SSSR count). The second-order valence-corrected chi connectivity index (χ2v) is 9.44. The van der Waals surface area contributed by atoms with Crippen LogP contribution in [0.4, 0.5) is 26.1 Å². The topological polar surface area (TPSA) is 81.2 Å². The van der Waals surface area contributed by atoms with Crippen LogP contribution in [-0.2, 0) is 0 Å². The largest absolute Gasteiger partial charge is 0.353 e. The van der Waals surface area contributed by atoms with Gasteiger partial charge in [0, 0.05) is 56.8 Å². The molecule has 3 aliphatic heterocycles. The van der Waals surface area contributed by atoms with E-state index in [1.54, 1.807) is 48.7 Å². The minimum atomic E-state index is -2.79. The first-order chi connectivity index (χ1) is 16.4. The van der Waals surface area contributed by atoms with Crippen LogP contribution in [-0.4, -0.2) is 64.7 Å². The van der Waals surface area contributed by atoms with E-state index >= 15 is 0 Å². The van der Waals surface area contributed by atoms with Gasteiger partial charge in [-0.25, -0.2) is 18.7 Å². The van der Waals surface area contributed by atoms with Gasteiger partial charge in [-0.15, -0.1) is 0 Å². The van der Waals surface area contributed by atoms with Crippen molar-refractivity contribution in [2.75, 3.05) is 41.4 Å². The molecule has 3 aromatic heterocycles. The van der Waals surface area contributed by atoms with Gasteiger partial charge in [-0.05, 0) is 43.0 Å². The van der Waals surface area contributed by atoms with Crippen LogP contribution >= 0.6 is 0 Å². The number of hydrogen-bond acceptors (Lipinski definition) is 6. The summed E-state index contributed by atoms with van der Waals surface area (Å²) in [5.74, 6) is -1.07. The Balaban J connectivity index is 1.34. The molecular formula is C24H25F2N7O. The van der Waals surface area contributed by atoms with E-state index in [2.05, 4.69) is 25.1 Å². The summed E-state index contributed by atoms with van der Waals surface area (Å²) in [6.07, 6.45) is 6.98. The number of nitrogens with one attached hydrogen (secondary N) is 1. The highest BCUT2D eigenvalue weighted by Gasteiger charge is 2.43. The number of fused-ring (bicyclic) bond motifs is 1. The average Bonchev–Trinajstić information content (AvgIpc) is 3.61. The molecule has 176 valence electrons. The molecule has 1 amide bonds. The van der Waals surface area contributed by atoms with Crippen LogP contribution in [0.25, 0.3) is 11.3 Å². The highest BCUT2D eigenvalue weighted by atomic mass is 19.3. The summed E-state index contributed by atoms with van der Waals surface area (Å²) in [5, 5.41) is 6.92. The number of aromatic nitrogens is 4. The number of H-pyrrole nitrogens is 1. The van der Waals surface area contributed by atoms with Gasteiger partial charge in [0.1, 0.15) is 5.82 Å². The average molecular weight is 466 g/mol. The molecule has 4 fully saturated rings. The molecule has 8 nitrogen and oxygen atoms in total. The lowest BCUT2D eigenvalue weighted by Gasteiger charge is -2.28. The zero-order valence-electron chi connectivity index (χ0n) is 18.8. The Morgan fingerprint density at radius 1 is 1.18 bits per heavy atom. The van der Waals surface area contributed by atoms with Crippen LogP contribution in [0.15, 0.2) is 42.9 Å². The summed E-state index contributed by atoms with van der Waals surface area (Å²) in [5.41, 5.74) is 2.22. The molecule has 3 saturated heterocycles. The van der Waals surface area contributed by atoms with Gasteiger partial charge >= 0.3 is 0 Å². The molecule has 0 atom stereocenters. The molecular weight excluding hydrogens is 440 g/mol. The quantitative estimate of drug-likeness (QED) is 0.620. The van der Waals surface area contributed by atoms with E-state index in [0.29, 0.717) is 34.4 Å². The molecule has 34 heavy (non-hydrogen) atoms. The highest BCUT2D eigenvalue weighted by molar-refractivity contribution is 6.09. The van der Waals surface area contributed by atoms with E-state index in [-0.39, 0.29) is 18.9 Å². The number of carbonyl (C=O) groups excluding carboxylic acids is 1. The number of amides is 1. The molecule has 3 aromatic rings. The molecule has 0 unspecified atom stereocenters. The second-order valence-electron chi connectivity index (χ2n) is 9.44. The molecule has 1 N–H and O–H groups in total. The van der Waals surface area contributed by atoms with Crippen LogP contribution in [0.2, 0.25) is 0 Å². The maximum absolute atomic E-state index is 14.0. The Kier molecular flexibility index (Phi) is 4.79. The number of pyridine rings is 2. The lowest BCUT2D eigenvalue weighted by Crippen LogP contribution is -2.32. The van der Waals surface area contributed by atoms with Crippen LogP contribution in [0.5, 0.6) is 0 Å². The summed E-state index contributed by atoms with van der Waals surface area (Å²) in [6.45, 7) is 0.753. The van der Waals surface area contributed by atoms with Gasteiger partial charge in [0.05, 0.1) is 23.5 Å². The van der Waals surface area contributed by atoms with Crippen molar-refractivity contribution in [3.8, 4) is 11.3 Å². The van der Waals surface area contributed by atoms with Crippen LogP contribution in [0.3, 0.4) is 0 Å². The Hall–Kier alpha value is -3.56. The van der Waals surface area contributed by atoms with E-state index in [9.17, 15) is 13.6 Å². The third kappa shape index (κ3) is 3.48. The van der Waals surface area contributed by atoms with Crippen molar-refractivity contribution in [3.05, 3.63) is 48.4 Å². The fourth-order valence-electron chi connectivity index (χ4n) is 5.33. The summed E-state index contributed by atoms with van der Waals surface area (Å²) in [4.78, 5) is 27.8. The van der Waals surface area contributed by atoms with Gasteiger partial charge in [0.15, 0.2) is 5.82 Å². The number of anilines is 3. The molecule has 6 heterocycles. The van der Waals surface area contributed by atoms with E-state index in [1.165, 1.54) is 17.7 Å². The number of alkyl halides is 2. The Bertz CT molecular complexity index is 1210. The van der Waals surface area contributed by atoms with Crippen LogP contribution in [0, 0.1) is 5.92 Å². The highest BCUT2D eigenvalue weighted by Crippen LogP contribution is 2.43. The summed E-state index contributed by atoms with van der Waals surface area (Å²) in [7, 11) is 1.64. The van der Waals surface area contributed by atoms with Crippen molar-refractivity contribution in [1.82, 2.24) is 20.2 Å². The number of carbonyl (C=O) groups is 1. The maximum Gasteiger partial charge on any atom is 0.266 e. The Morgan fingerprint density at radius 3 is 2.65 bits per heavy atom. The first-order valence-corrected chi connectivity index (χ1v) is 11.5. The number of rotatable bonds is 5. The number of aromatic amines is 1. The lowest BCUT2D eigenvalue weighted by atomic mass is 9.86. The summed E-state index contributed by atoms with van der Waals surface area (Å²) < 4.78 is 28.1. The van der Waals surface area contributed by atoms with Gasteiger partial charge in [-0.3, -0.25) is 9.89 Å². The van der Waals surface area contributed by atoms with Gasteiger partial charge in [0.2, 0.25) is 0 Å². The molecule has 1 aliphatic carbocycles. The minimum Gasteiger partial charge on any atom is -0.353 e. The maximum atomic E-state index is 14.0. The summed E-state index contributed by atoms with van der Waals surface area (Å²) in [6, 6.07) is 7.77. The van der Waals surface area contributed by atoms with E-state index in [1.807, 2.05) is 6.07 Å². The van der Waals surface area contributed by atoms with Crippen molar-refractivity contribution in [1.29, 1.82) is 0 Å². The molecule has 0 aromatic carbocycles. The van der Waals surface area contributed by atoms with Gasteiger partial charge in [-0.2, -0.15) is 5.10 Å². The number of halogens is 2. The Morgan fingerprint density at radius 2 is 2.03 bits per heavy atom. The zero-order chi connectivity index (χ0) is 23.4. The van der Waals surface area contributed by atoms with Gasteiger partial charge < -0.3 is 14.7 Å². The zero-order valence-corrected chi connectivity index (χ0v) is 18.8. The Labute approximate surface area is 195 Å². The lowest BCUT2D eigenvalue weighted by molar-refractivity contribution is 0.0257. The molecule has 1 saturated carbocycles. The van der Waals surface area contributed by atoms with Gasteiger partial charge in [0.25, 0.3) is 11.8 Å². The predicted octanol–water partition coefficient (Wildman–Crippen LogP) is 3.59. The van der Waals surface area contributed by atoms with Crippen molar-refractivity contribution in [3.63, 3.8) is 0 Å². The van der Waals surface area contributed by atoms with Crippen LogP contribution < -0.4 is 14.7 Å². The molecule has 0 radical (unpaired) electrons. The van der Waals surface area contributed by atoms with Crippen molar-refractivity contribution < 1.29 is 13.6 Å². The SMILES string of the molecule is CN(C(=O)c1ccc(N2CC3CC2C3)nc1)c1c(-c2ccn[nH]2)ccnc1N1CCC(F)(F)C1. The summed E-state index contributed by atoms with van der Waals surface area (Å²) >= 11 is 0. The number of nitrogens with zero attached hydrogens (tertiary/aromatic N) is 6. The molecule has 10 heteroatoms. The third-order valence-electron chi connectivity index (χ3n) is 7.20. The normalized spacial score (nSPS) is 22.7. The van der Waals surface area contributed by atoms with Crippen molar-refractivity contribution >= 4 is 23.2 Å². The van der Waals surface area contributed by atoms with E-state index in [4.69, 9.17) is 0 Å². The van der Waals surface area contributed by atoms with Crippen molar-refractivity contribution in [2.45, 2.75) is 31.2 Å². The van der Waals surface area contributed by atoms with Crippen molar-refractivity contribution in [2.24, 2.45) is 5.92 Å². The minimum absolute atomic E-state index is 0.162. The number of hydrogen-bond donors (Lipinski definition) is 1. The molecule has 2 bridgehead atoms. The molecule has 0 spiro atoms. The second kappa shape index (κ2) is 7.75. The van der Waals surface area contributed by atoms with E-state index in [0.717, 1.165) is 18.3 Å². The van der Waals surface area contributed by atoms with Gasteiger partial charge in [-0.1, -0.05) is 0 Å². The van der Waals surface area contributed by atoms with E-state index < -0.39 is 12.5 Å². The van der Waals surface area contributed by atoms with Crippen LogP contribution in [0.1, 0.15) is 29.6 Å². The fourth-order valence-corrected chi connectivity index (χ4v) is 5.33. The predicted molar refractivity (Wildman–Crippen MR) is 124 cm³/mol. The fraction of sp³-hybridized carbons (Fsp3) is 0.417. The first kappa shape index (κ1) is 21.0. The molecule has 4 aliphatic rings. The monoisotopic (exact) mass is 465 g/mol. The third-order valence-corrected chi connectivity index (χ3v) is 7.20.